The molecule has 24 aromatic carbocycles. The van der Waals surface area contributed by atoms with Gasteiger partial charge in [0, 0.05) is 52.4 Å². The lowest BCUT2D eigenvalue weighted by molar-refractivity contribution is -0.144. The van der Waals surface area contributed by atoms with Crippen LogP contribution in [0.1, 0.15) is 44.5 Å². The molecule has 2 aliphatic heterocycles. The number of hydrogen-bond acceptors (Lipinski definition) is 12. The molecule has 8 aliphatic carbocycles. The molecule has 34 rings (SSSR count). The molecule has 0 radical (unpaired) electrons. The van der Waals surface area contributed by atoms with Gasteiger partial charge in [-0.1, -0.05) is 0 Å². The van der Waals surface area contributed by atoms with Crippen molar-refractivity contribution in [1.82, 2.24) is 19.6 Å². The molecule has 472 valence electrons. The summed E-state index contributed by atoms with van der Waals surface area (Å²) in [6.45, 7) is 7.02. The molecule has 4 N–H and O–H groups in total. The number of hydrogen-bond donors (Lipinski definition) is 4. The van der Waals surface area contributed by atoms with Crippen molar-refractivity contribution in [2.75, 3.05) is 131 Å². The molecule has 10 aliphatic rings. The molecular weight excluding hydrogens is 1260 g/mol. The first kappa shape index (κ1) is 48.1. The average Bonchev–Trinajstić information content (AvgIpc) is 1.37. The first-order valence-electron chi connectivity index (χ1n) is 36.1. The minimum atomic E-state index is -1.07. The van der Waals surface area contributed by atoms with Crippen molar-refractivity contribution in [1.29, 1.82) is 0 Å². The number of likely N-dealkylation sites (tertiary alicyclic amines) is 2. The monoisotopic (exact) mass is 1300 g/mol. The van der Waals surface area contributed by atoms with E-state index in [0.717, 1.165) is 39.3 Å². The van der Waals surface area contributed by atoms with Gasteiger partial charge in [-0.05, 0) is 303 Å². The summed E-state index contributed by atoms with van der Waals surface area (Å²) in [7, 11) is 0. The van der Waals surface area contributed by atoms with E-state index in [1.54, 1.807) is 303 Å². The predicted octanol–water partition coefficient (Wildman–Crippen LogP) is 12.5. The first-order valence-corrected chi connectivity index (χ1v) is 36.1. The molecule has 100 heavy (non-hydrogen) atoms. The molecule has 2 heterocycles. The minimum absolute atomic E-state index is 0.202. The van der Waals surface area contributed by atoms with Crippen LogP contribution in [0.25, 0.3) is 259 Å². The van der Waals surface area contributed by atoms with Crippen LogP contribution in [0.15, 0.2) is 0 Å². The molecule has 0 saturated carbocycles. The quantitative estimate of drug-likeness (QED) is 0.0295. The molecule has 4 atom stereocenters. The minimum Gasteiger partial charge on any atom is -0.480 e. The van der Waals surface area contributed by atoms with Gasteiger partial charge in [0.25, 0.3) is 0 Å². The maximum Gasteiger partial charge on any atom is 0.317 e. The van der Waals surface area contributed by atoms with Gasteiger partial charge in [0.05, 0.1) is 101 Å². The highest BCUT2D eigenvalue weighted by Gasteiger charge is 2.77. The maximum absolute atomic E-state index is 11.6. The van der Waals surface area contributed by atoms with Crippen molar-refractivity contribution >= 4 is 282 Å². The Morgan fingerprint density at radius 3 is 0.570 bits per heavy atom. The molecule has 4 spiro atoms. The Kier molecular flexibility index (Phi) is 6.31. The van der Waals surface area contributed by atoms with E-state index < -0.39 is 34.7 Å². The molecule has 4 unspecified atom stereocenters. The fourth-order valence-corrected chi connectivity index (χ4v) is 30.2. The van der Waals surface area contributed by atoms with E-state index in [1.807, 2.05) is 0 Å². The lowest BCUT2D eigenvalue weighted by atomic mass is 9.49. The van der Waals surface area contributed by atoms with Crippen molar-refractivity contribution in [3.8, 4) is 0 Å². The van der Waals surface area contributed by atoms with E-state index in [-0.39, 0.29) is 63.3 Å². The third-order valence-corrected chi connectivity index (χ3v) is 31.1. The van der Waals surface area contributed by atoms with Gasteiger partial charge >= 0.3 is 23.9 Å². The molecule has 24 aromatic rings. The van der Waals surface area contributed by atoms with Gasteiger partial charge in [0.1, 0.15) is 0 Å². The Morgan fingerprint density at radius 1 is 0.240 bits per heavy atom. The smallest absolute Gasteiger partial charge is 0.317 e. The van der Waals surface area contributed by atoms with Crippen molar-refractivity contribution in [3.63, 3.8) is 0 Å². The molecule has 0 bridgehead atoms. The lowest BCUT2D eigenvalue weighted by Crippen LogP contribution is -2.51. The van der Waals surface area contributed by atoms with Crippen molar-refractivity contribution < 1.29 is 58.6 Å². The van der Waals surface area contributed by atoms with Gasteiger partial charge in [-0.3, -0.25) is 38.8 Å². The summed E-state index contributed by atoms with van der Waals surface area (Å²) in [5, 5.41) is 114. The third-order valence-electron chi connectivity index (χ3n) is 31.1. The average molecular weight is 1300 g/mol. The molecule has 16 nitrogen and oxygen atoms in total. The SMILES string of the molecule is O=C(O)CN(CCOCCOCCN1CC23c4c5c6c7c8c4c4c2c2c9c%10c%11c%12c(c5c5c6c6c%13c%14c%15c%16c%17c(c8c8c4c4c2c2c9c9c%11c%11c%18c%12c5c%13c%18c5c%14c%12c%16c%13c%17c8c4c4c2c2c9c%11c5c%12c2c%134)C72CN(CCOCCOCCN(CC(=O)O)CC(=O)O)CC6%152)C%103C1)CC(=O)O. The zero-order valence-corrected chi connectivity index (χ0v) is 53.0. The summed E-state index contributed by atoms with van der Waals surface area (Å²) in [6.07, 6.45) is 0. The summed E-state index contributed by atoms with van der Waals surface area (Å²) < 4.78 is 25.4. The predicted molar refractivity (Wildman–Crippen MR) is 387 cm³/mol. The second-order valence-electron chi connectivity index (χ2n) is 33.5. The van der Waals surface area contributed by atoms with Crippen molar-refractivity contribution in [2.45, 2.75) is 21.7 Å². The largest absolute Gasteiger partial charge is 0.480 e. The van der Waals surface area contributed by atoms with Gasteiger partial charge in [-0.2, -0.15) is 0 Å². The number of benzene rings is 16. The van der Waals surface area contributed by atoms with E-state index >= 15 is 0 Å². The molecule has 0 aromatic heterocycles. The van der Waals surface area contributed by atoms with E-state index in [0.29, 0.717) is 39.6 Å². The van der Waals surface area contributed by atoms with Crippen LogP contribution in [0, 0.1) is 0 Å². The number of carboxylic acid groups (broad SMARTS) is 4. The first-order chi connectivity index (χ1) is 49.0. The second-order valence-corrected chi connectivity index (χ2v) is 33.5. The zero-order chi connectivity index (χ0) is 63.9. The van der Waals surface area contributed by atoms with E-state index in [4.69, 9.17) is 18.9 Å². The summed E-state index contributed by atoms with van der Waals surface area (Å²) in [6, 6.07) is 0. The van der Waals surface area contributed by atoms with Gasteiger partial charge in [0.2, 0.25) is 0 Å². The number of ether oxygens (including phenoxy) is 4. The van der Waals surface area contributed by atoms with E-state index in [1.165, 1.54) is 9.80 Å². The van der Waals surface area contributed by atoms with Crippen LogP contribution >= 0.6 is 0 Å². The number of carboxylic acids is 4. The van der Waals surface area contributed by atoms with Crippen molar-refractivity contribution in [3.05, 3.63) is 44.5 Å². The standard InChI is InChI=1S/C84H44N4O12/c89-21(90)13-85(14-22(91)92)1-5-97-9-11-99-7-3-87-17-81-73-57-46-35-28-29-33-26-25-30-27-31(26)42-51-40(33)47-36(29)38-37(35)48-45-49(38)60-58(47)74-62(51)64-53(42)44-34(27)43-52-41(30)50(39(46)32(25)28)61(73)63(52)75-65-54(43)55(44)66-70-69(65)79(83(75,81)19-87)71-67(77(81)59(48)57)56(45)68-72(71)80(70)84(76(64)66)20-88(18-82(74,84)78(60)68)4-8-100-12-10-98-6-2-86(15-23(93)94)16-24(95)96/h1-20H2,(H,89,90)(H,91,92)(H,93,94)(H,95,96). The topological polar surface area (TPSA) is 199 Å². The fourth-order valence-electron chi connectivity index (χ4n) is 30.2. The van der Waals surface area contributed by atoms with Crippen LogP contribution < -0.4 is 0 Å². The lowest BCUT2D eigenvalue weighted by Gasteiger charge is -2.51. The summed E-state index contributed by atoms with van der Waals surface area (Å²) >= 11 is 0. The van der Waals surface area contributed by atoms with E-state index in [9.17, 15) is 39.6 Å². The number of nitrogens with zero attached hydrogens (tertiary/aromatic N) is 4. The Labute approximate surface area is 555 Å². The fraction of sp³-hybridized carbons (Fsp3) is 0.286. The maximum atomic E-state index is 11.6. The van der Waals surface area contributed by atoms with Gasteiger partial charge in [-0.15, -0.1) is 0 Å². The van der Waals surface area contributed by atoms with Crippen molar-refractivity contribution in [2.24, 2.45) is 0 Å². The van der Waals surface area contributed by atoms with Gasteiger partial charge in [0.15, 0.2) is 0 Å². The zero-order valence-electron chi connectivity index (χ0n) is 53.0. The Hall–Kier alpha value is -9.72. The third kappa shape index (κ3) is 3.57. The van der Waals surface area contributed by atoms with Gasteiger partial charge < -0.3 is 39.4 Å². The highest BCUT2D eigenvalue weighted by molar-refractivity contribution is 6.78. The van der Waals surface area contributed by atoms with Gasteiger partial charge in [-0.25, -0.2) is 0 Å². The molecular formula is C84H44N4O12. The second kappa shape index (κ2) is 13.1. The van der Waals surface area contributed by atoms with E-state index in [2.05, 4.69) is 9.80 Å². The highest BCUT2D eigenvalue weighted by atomic mass is 16.5. The van der Waals surface area contributed by atoms with Crippen LogP contribution in [0.2, 0.25) is 0 Å². The Morgan fingerprint density at radius 2 is 0.390 bits per heavy atom. The summed E-state index contributed by atoms with van der Waals surface area (Å²) in [5.41, 5.74) is 11.8. The summed E-state index contributed by atoms with van der Waals surface area (Å²) in [5.74, 6) is -4.27. The van der Waals surface area contributed by atoms with Crippen LogP contribution in [-0.2, 0) is 59.8 Å². The molecule has 2 fully saturated rings. The Balaban J connectivity index is 0.679. The highest BCUT2D eigenvalue weighted by Crippen LogP contribution is 2.88. The number of aliphatic carboxylic acids is 4. The molecule has 2 saturated heterocycles. The number of rotatable bonds is 26. The summed E-state index contributed by atoms with van der Waals surface area (Å²) in [4.78, 5) is 54.8. The molecule has 0 amide bonds. The van der Waals surface area contributed by atoms with Crippen LogP contribution in [0.4, 0.5) is 0 Å². The Bertz CT molecular complexity index is 7740. The van der Waals surface area contributed by atoms with Crippen LogP contribution in [0.3, 0.4) is 0 Å². The number of carbonyl (C=O) groups is 4. The normalized spacial score (nSPS) is 23.6. The van der Waals surface area contributed by atoms with Crippen LogP contribution in [0.5, 0.6) is 0 Å². The van der Waals surface area contributed by atoms with Crippen LogP contribution in [-0.4, -0.2) is 195 Å². The molecule has 16 heteroatoms.